The van der Waals surface area contributed by atoms with Gasteiger partial charge in [0.15, 0.2) is 11.5 Å². The summed E-state index contributed by atoms with van der Waals surface area (Å²) in [5.41, 5.74) is 0.191. The molecule has 0 aliphatic carbocycles. The quantitative estimate of drug-likeness (QED) is 0.669. The van der Waals surface area contributed by atoms with Crippen molar-refractivity contribution in [3.8, 4) is 11.5 Å². The number of benzene rings is 1. The van der Waals surface area contributed by atoms with Gasteiger partial charge in [0.05, 0.1) is 10.6 Å². The van der Waals surface area contributed by atoms with E-state index in [2.05, 4.69) is 19.7 Å². The lowest BCUT2D eigenvalue weighted by Crippen LogP contribution is -2.09. The van der Waals surface area contributed by atoms with Crippen LogP contribution in [0.15, 0.2) is 38.0 Å². The smallest absolute Gasteiger partial charge is 0.337 e. The molecule has 0 fully saturated rings. The fourth-order valence-electron chi connectivity index (χ4n) is 1.79. The van der Waals surface area contributed by atoms with Crippen LogP contribution in [0.1, 0.15) is 15.9 Å². The summed E-state index contributed by atoms with van der Waals surface area (Å²) in [6, 6.07) is 0. The van der Waals surface area contributed by atoms with Gasteiger partial charge in [0, 0.05) is 0 Å². The Morgan fingerprint density at radius 3 is 1.91 bits per heavy atom. The van der Waals surface area contributed by atoms with Gasteiger partial charge >= 0.3 is 5.97 Å². The van der Waals surface area contributed by atoms with Gasteiger partial charge in [-0.25, -0.2) is 4.79 Å². The second-order valence-corrected chi connectivity index (χ2v) is 4.89. The summed E-state index contributed by atoms with van der Waals surface area (Å²) in [6.45, 7) is 11.0. The van der Waals surface area contributed by atoms with Gasteiger partial charge in [-0.3, -0.25) is 0 Å². The molecule has 0 atom stereocenters. The number of ether oxygens (including phenoxy) is 2. The Balaban J connectivity index is 3.63. The molecule has 22 heavy (non-hydrogen) atoms. The highest BCUT2D eigenvalue weighted by molar-refractivity contribution is 6.38. The van der Waals surface area contributed by atoms with Gasteiger partial charge in [-0.15, -0.1) is 6.58 Å². The number of allylic oxidation sites excluding steroid dienone is 1. The number of carboxylic acid groups (broad SMARTS) is 1. The van der Waals surface area contributed by atoms with Crippen molar-refractivity contribution < 1.29 is 19.4 Å². The van der Waals surface area contributed by atoms with E-state index in [1.54, 1.807) is 0 Å². The third-order valence-corrected chi connectivity index (χ3v) is 3.40. The molecular formula is C16H16Cl2O4. The van der Waals surface area contributed by atoms with Crippen molar-refractivity contribution in [1.29, 1.82) is 0 Å². The van der Waals surface area contributed by atoms with Crippen LogP contribution in [0.25, 0.3) is 0 Å². The number of halogens is 2. The van der Waals surface area contributed by atoms with Crippen LogP contribution < -0.4 is 9.47 Å². The Hall–Kier alpha value is -1.91. The summed E-state index contributed by atoms with van der Waals surface area (Å²) in [5.74, 6) is -0.962. The van der Waals surface area contributed by atoms with Crippen LogP contribution in [0.5, 0.6) is 11.5 Å². The van der Waals surface area contributed by atoms with E-state index in [1.165, 1.54) is 18.2 Å². The molecule has 0 radical (unpaired) electrons. The van der Waals surface area contributed by atoms with Gasteiger partial charge in [-0.2, -0.15) is 0 Å². The molecule has 0 saturated heterocycles. The first kappa shape index (κ1) is 18.1. The maximum absolute atomic E-state index is 11.5. The van der Waals surface area contributed by atoms with Gasteiger partial charge in [0.25, 0.3) is 0 Å². The summed E-state index contributed by atoms with van der Waals surface area (Å²) in [4.78, 5) is 11.5. The highest BCUT2D eigenvalue weighted by Gasteiger charge is 2.27. The maximum atomic E-state index is 11.5. The lowest BCUT2D eigenvalue weighted by atomic mass is 10.0. The fraction of sp³-hybridized carbons (Fsp3) is 0.188. The monoisotopic (exact) mass is 342 g/mol. The highest BCUT2D eigenvalue weighted by atomic mass is 35.5. The Labute approximate surface area is 139 Å². The van der Waals surface area contributed by atoms with Crippen molar-refractivity contribution in [2.45, 2.75) is 6.42 Å². The van der Waals surface area contributed by atoms with E-state index >= 15 is 0 Å². The second-order valence-electron chi connectivity index (χ2n) is 4.14. The zero-order valence-corrected chi connectivity index (χ0v) is 13.4. The lowest BCUT2D eigenvalue weighted by molar-refractivity contribution is 0.0695. The molecule has 6 heteroatoms. The third kappa shape index (κ3) is 3.84. The average molecular weight is 343 g/mol. The van der Waals surface area contributed by atoms with Crippen molar-refractivity contribution in [3.63, 3.8) is 0 Å². The normalized spacial score (nSPS) is 9.91. The van der Waals surface area contributed by atoms with Crippen LogP contribution in [0.4, 0.5) is 0 Å². The first-order valence-electron chi connectivity index (χ1n) is 6.34. The van der Waals surface area contributed by atoms with E-state index in [4.69, 9.17) is 32.7 Å². The van der Waals surface area contributed by atoms with Crippen LogP contribution in [-0.2, 0) is 6.42 Å². The molecule has 0 saturated carbocycles. The van der Waals surface area contributed by atoms with Crippen molar-refractivity contribution in [3.05, 3.63) is 59.1 Å². The van der Waals surface area contributed by atoms with E-state index in [0.29, 0.717) is 5.56 Å². The molecule has 1 aromatic rings. The van der Waals surface area contributed by atoms with E-state index in [1.807, 2.05) is 0 Å². The van der Waals surface area contributed by atoms with Gasteiger partial charge in [0.1, 0.15) is 18.2 Å². The van der Waals surface area contributed by atoms with Crippen molar-refractivity contribution >= 4 is 29.2 Å². The zero-order valence-electron chi connectivity index (χ0n) is 11.9. The number of carboxylic acids is 1. The van der Waals surface area contributed by atoms with Crippen LogP contribution >= 0.6 is 23.2 Å². The molecule has 0 spiro atoms. The molecular weight excluding hydrogens is 327 g/mol. The first-order valence-corrected chi connectivity index (χ1v) is 7.10. The molecule has 118 valence electrons. The maximum Gasteiger partial charge on any atom is 0.337 e. The number of carbonyl (C=O) groups is 1. The number of aromatic carboxylic acids is 1. The molecule has 0 aliphatic heterocycles. The minimum atomic E-state index is -1.21. The SMILES string of the molecule is C=CCOc1c(Cl)c(CC=C)c(C(=O)O)c(Cl)c1OCC=C. The molecule has 1 aromatic carbocycles. The molecule has 0 bridgehead atoms. The largest absolute Gasteiger partial charge is 0.484 e. The molecule has 4 nitrogen and oxygen atoms in total. The van der Waals surface area contributed by atoms with Gasteiger partial charge < -0.3 is 14.6 Å². The minimum absolute atomic E-state index is 0.0682. The Morgan fingerprint density at radius 1 is 1.00 bits per heavy atom. The van der Waals surface area contributed by atoms with E-state index < -0.39 is 5.97 Å². The molecule has 0 amide bonds. The topological polar surface area (TPSA) is 55.8 Å². The van der Waals surface area contributed by atoms with Crippen LogP contribution in [0, 0.1) is 0 Å². The Bertz CT molecular complexity index is 609. The summed E-state index contributed by atoms with van der Waals surface area (Å²) in [7, 11) is 0. The standard InChI is InChI=1S/C16H16Cl2O4/c1-4-7-10-11(16(19)20)13(18)15(22-9-6-3)14(12(10)17)21-8-5-2/h4-6H,1-3,7-9H2,(H,19,20). The lowest BCUT2D eigenvalue weighted by Gasteiger charge is -2.19. The van der Waals surface area contributed by atoms with E-state index in [-0.39, 0.29) is 46.7 Å². The number of hydrogen-bond donors (Lipinski definition) is 1. The minimum Gasteiger partial charge on any atom is -0.484 e. The predicted molar refractivity (Wildman–Crippen MR) is 88.7 cm³/mol. The van der Waals surface area contributed by atoms with Gasteiger partial charge in [-0.1, -0.05) is 54.6 Å². The highest BCUT2D eigenvalue weighted by Crippen LogP contribution is 2.46. The summed E-state index contributed by atoms with van der Waals surface area (Å²) in [5, 5.41) is 9.46. The summed E-state index contributed by atoms with van der Waals surface area (Å²) >= 11 is 12.5. The molecule has 0 unspecified atom stereocenters. The molecule has 0 heterocycles. The van der Waals surface area contributed by atoms with Crippen LogP contribution in [0.2, 0.25) is 10.0 Å². The van der Waals surface area contributed by atoms with Crippen LogP contribution in [0.3, 0.4) is 0 Å². The van der Waals surface area contributed by atoms with Gasteiger partial charge in [0.2, 0.25) is 0 Å². The van der Waals surface area contributed by atoms with Crippen LogP contribution in [-0.4, -0.2) is 24.3 Å². The first-order chi connectivity index (χ1) is 10.5. The molecule has 1 rings (SSSR count). The molecule has 1 N–H and O–H groups in total. The average Bonchev–Trinajstić information content (AvgIpc) is 2.48. The Morgan fingerprint density at radius 2 is 1.50 bits per heavy atom. The van der Waals surface area contributed by atoms with Crippen molar-refractivity contribution in [2.75, 3.05) is 13.2 Å². The predicted octanol–water partition coefficient (Wildman–Crippen LogP) is 4.55. The van der Waals surface area contributed by atoms with E-state index in [0.717, 1.165) is 0 Å². The fourth-order valence-corrected chi connectivity index (χ4v) is 2.44. The zero-order chi connectivity index (χ0) is 16.7. The number of hydrogen-bond acceptors (Lipinski definition) is 3. The number of rotatable bonds is 9. The van der Waals surface area contributed by atoms with Crippen molar-refractivity contribution in [2.24, 2.45) is 0 Å². The van der Waals surface area contributed by atoms with Crippen molar-refractivity contribution in [1.82, 2.24) is 0 Å². The third-order valence-electron chi connectivity index (χ3n) is 2.64. The molecule has 0 aliphatic rings. The van der Waals surface area contributed by atoms with Gasteiger partial charge in [-0.05, 0) is 12.0 Å². The molecule has 0 aromatic heterocycles. The Kier molecular flexibility index (Phi) is 7.02. The summed E-state index contributed by atoms with van der Waals surface area (Å²) < 4.78 is 10.9. The second kappa shape index (κ2) is 8.51. The van der Waals surface area contributed by atoms with E-state index in [9.17, 15) is 9.90 Å². The summed E-state index contributed by atoms with van der Waals surface area (Å²) in [6.07, 6.45) is 4.79.